The largest absolute Gasteiger partial charge is 0.459 e. The normalized spacial score (nSPS) is 36.9. The Morgan fingerprint density at radius 3 is 2.01 bits per heavy atom. The molecule has 16 nitrogen and oxygen atoms in total. The Bertz CT molecular complexity index is 2300. The number of amides is 1. The summed E-state index contributed by atoms with van der Waals surface area (Å²) in [7, 11) is 5.25. The monoisotopic (exact) mass is 1110 g/mol. The third-order valence-corrected chi connectivity index (χ3v) is 22.5. The lowest BCUT2D eigenvalue weighted by Gasteiger charge is -2.51. The van der Waals surface area contributed by atoms with Gasteiger partial charge in [0.05, 0.1) is 66.1 Å². The van der Waals surface area contributed by atoms with E-state index in [9.17, 15) is 35.1 Å². The van der Waals surface area contributed by atoms with E-state index in [1.165, 1.54) is 29.9 Å². The topological polar surface area (TPSA) is 206 Å². The van der Waals surface area contributed by atoms with Crippen LogP contribution in [0.15, 0.2) is 73.1 Å². The molecule has 1 amide bonds. The van der Waals surface area contributed by atoms with Gasteiger partial charge in [-0.05, 0) is 130 Å². The van der Waals surface area contributed by atoms with Crippen LogP contribution in [0.3, 0.4) is 0 Å². The Hall–Kier alpha value is -3.38. The van der Waals surface area contributed by atoms with Crippen molar-refractivity contribution in [3.63, 3.8) is 0 Å². The van der Waals surface area contributed by atoms with Gasteiger partial charge in [0.15, 0.2) is 6.29 Å². The van der Waals surface area contributed by atoms with Crippen LogP contribution in [0.1, 0.15) is 133 Å². The third-order valence-electron chi connectivity index (χ3n) is 18.0. The Morgan fingerprint density at radius 1 is 0.846 bits per heavy atom. The molecule has 1 aromatic heterocycles. The first-order valence-electron chi connectivity index (χ1n) is 28.9. The number of cyclic esters (lactones) is 1. The summed E-state index contributed by atoms with van der Waals surface area (Å²) in [6, 6.07) is 20.3. The number of hydrogen-bond donors (Lipinski definition) is 5. The molecule has 0 aliphatic carbocycles. The van der Waals surface area contributed by atoms with Gasteiger partial charge in [-0.25, -0.2) is 0 Å². The molecule has 17 heteroatoms. The maximum atomic E-state index is 14.8. The van der Waals surface area contributed by atoms with E-state index in [1.807, 2.05) is 57.7 Å². The minimum absolute atomic E-state index is 0.0924. The number of rotatable bonds is 17. The summed E-state index contributed by atoms with van der Waals surface area (Å²) in [5, 5.41) is 69.5. The third kappa shape index (κ3) is 14.3. The number of unbranched alkanes of at least 4 members (excludes halogenated alkanes) is 4. The molecule has 0 radical (unpaired) electrons. The lowest BCUT2D eigenvalue weighted by atomic mass is 9.68. The average Bonchev–Trinajstić information content (AvgIpc) is 3.87. The fraction of sp³-hybridized carbons (Fsp3) is 0.721. The van der Waals surface area contributed by atoms with Gasteiger partial charge in [0.25, 0.3) is 0 Å². The highest BCUT2D eigenvalue weighted by atomic mass is 31.2. The molecule has 3 aliphatic heterocycles. The van der Waals surface area contributed by atoms with E-state index in [2.05, 4.69) is 72.0 Å². The van der Waals surface area contributed by atoms with Crippen LogP contribution >= 0.6 is 7.26 Å². The number of nitrogens with zero attached hydrogens (tertiary/aromatic N) is 4. The van der Waals surface area contributed by atoms with Crippen molar-refractivity contribution in [1.82, 2.24) is 19.6 Å². The van der Waals surface area contributed by atoms with Gasteiger partial charge >= 0.3 is 5.97 Å². The number of aliphatic hydroxyl groups excluding tert-OH is 3. The molecular weight excluding hydrogens is 1010 g/mol. The van der Waals surface area contributed by atoms with Gasteiger partial charge in [-0.1, -0.05) is 76.9 Å². The fourth-order valence-electron chi connectivity index (χ4n) is 13.5. The lowest BCUT2D eigenvalue weighted by Crippen LogP contribution is -2.61. The van der Waals surface area contributed by atoms with E-state index in [0.717, 1.165) is 31.8 Å². The van der Waals surface area contributed by atoms with Gasteiger partial charge < -0.3 is 59.0 Å². The van der Waals surface area contributed by atoms with Crippen molar-refractivity contribution in [2.24, 2.45) is 30.7 Å². The molecule has 3 fully saturated rings. The molecule has 3 saturated heterocycles. The summed E-state index contributed by atoms with van der Waals surface area (Å²) in [6.07, 6.45) is 1.79. The molecule has 3 aliphatic rings. The van der Waals surface area contributed by atoms with E-state index < -0.39 is 109 Å². The van der Waals surface area contributed by atoms with Crippen LogP contribution < -0.4 is 15.9 Å². The predicted octanol–water partition coefficient (Wildman–Crippen LogP) is 6.14. The van der Waals surface area contributed by atoms with Crippen molar-refractivity contribution in [2.45, 2.75) is 217 Å². The summed E-state index contributed by atoms with van der Waals surface area (Å²) in [4.78, 5) is 33.1. The van der Waals surface area contributed by atoms with Gasteiger partial charge in [-0.15, -0.1) is 0 Å². The molecule has 78 heavy (non-hydrogen) atoms. The first-order chi connectivity index (χ1) is 36.7. The fourth-order valence-corrected chi connectivity index (χ4v) is 17.8. The van der Waals surface area contributed by atoms with Crippen molar-refractivity contribution in [2.75, 3.05) is 33.9 Å². The second kappa shape index (κ2) is 27.1. The van der Waals surface area contributed by atoms with E-state index >= 15 is 0 Å². The highest BCUT2D eigenvalue weighted by Crippen LogP contribution is 2.56. The Kier molecular flexibility index (Phi) is 22.2. The molecule has 438 valence electrons. The number of aliphatic hydroxyl groups is 5. The second-order valence-corrected chi connectivity index (χ2v) is 28.1. The average molecular weight is 1110 g/mol. The number of aryl methyl sites for hydroxylation is 1. The Balaban J connectivity index is 1.27. The number of benzene rings is 2. The Labute approximate surface area is 466 Å². The van der Waals surface area contributed by atoms with Crippen LogP contribution in [0.5, 0.6) is 0 Å². The van der Waals surface area contributed by atoms with E-state index in [0.29, 0.717) is 12.8 Å². The molecule has 6 rings (SSSR count). The summed E-state index contributed by atoms with van der Waals surface area (Å²) >= 11 is 0. The lowest BCUT2D eigenvalue weighted by molar-refractivity contribution is -0.302. The summed E-state index contributed by atoms with van der Waals surface area (Å²) in [6.45, 7) is 17.8. The zero-order valence-corrected chi connectivity index (χ0v) is 50.3. The van der Waals surface area contributed by atoms with Gasteiger partial charge in [-0.2, -0.15) is 5.10 Å². The molecule has 18 atom stereocenters. The molecule has 0 bridgehead atoms. The minimum Gasteiger partial charge on any atom is -0.459 e. The molecule has 0 saturated carbocycles. The van der Waals surface area contributed by atoms with E-state index in [4.69, 9.17) is 23.7 Å². The highest BCUT2D eigenvalue weighted by molar-refractivity contribution is 7.95. The Morgan fingerprint density at radius 2 is 1.45 bits per heavy atom. The van der Waals surface area contributed by atoms with Crippen LogP contribution in [-0.2, 0) is 40.3 Å². The smallest absolute Gasteiger partial charge is 0.309 e. The number of esters is 1. The standard InChI is InChI=1S/C61H98N4O12P/c1-15-50-61(10,72)54(68)43(6)65(51(66)31-25-17-16-18-26-32-78(45-27-21-19-22-28-45,46-29-23-20-24-30-46)47-36-62-64(13)38-47)37-39(2)34-59(8,71)56(77-58-53(67)48(63(11)12)33-40(3)74-58)41(4)52(42(5)57(70)76-50)49-35-60(9,73-14)55(69)44(7)75-49/h19-24,27-30,36,38-44,48-50,52-56,58,67-69,71-72H,15-18,25-26,31-35,37H2,1-14H3/q+1/t39-,40-,41+,42-,43-,44+,48+,49-,50-,52?,53-,54-,55+,56-,58+,59-,60-,61-/m1/s1. The number of carbonyl (C=O) groups excluding carboxylic acids is 2. The quantitative estimate of drug-likeness (QED) is 0.0586. The van der Waals surface area contributed by atoms with E-state index in [-0.39, 0.29) is 50.3 Å². The van der Waals surface area contributed by atoms with Gasteiger partial charge in [0, 0.05) is 45.5 Å². The number of likely N-dealkylation sites (N-methyl/N-ethyl adjacent to an activating group) is 1. The molecule has 3 aromatic rings. The molecule has 1 unspecified atom stereocenters. The molecular formula is C61H98N4O12P+. The SMILES string of the molecule is CC[C@H]1OC(=O)[C@H](C)C([C@H]2C[C@@](C)(OC)[C@@H](O)[C@H](C)O2)[C@H](C)[C@@H](O[C@@H]2O[C@H](C)C[C@H](N(C)C)[C@H]2O)[C@](C)(O)C[C@@H](C)CN(C(=O)CCCCCCC[P+](c2ccccc2)(c2ccccc2)c2cnn(C)c2)[C@H](C)[C@@H](O)[C@]1(C)O. The summed E-state index contributed by atoms with van der Waals surface area (Å²) in [5.41, 5.74) is -4.76. The molecule has 2 aromatic carbocycles. The van der Waals surface area contributed by atoms with Crippen molar-refractivity contribution in [3.8, 4) is 0 Å². The predicted molar refractivity (Wildman–Crippen MR) is 306 cm³/mol. The van der Waals surface area contributed by atoms with Crippen molar-refractivity contribution >= 4 is 35.1 Å². The minimum atomic E-state index is -2.03. The number of carbonyl (C=O) groups is 2. The van der Waals surface area contributed by atoms with Crippen LogP contribution in [0.4, 0.5) is 0 Å². The summed E-state index contributed by atoms with van der Waals surface area (Å²) < 4.78 is 34.1. The van der Waals surface area contributed by atoms with Crippen LogP contribution in [0.25, 0.3) is 0 Å². The van der Waals surface area contributed by atoms with Gasteiger partial charge in [-0.3, -0.25) is 14.3 Å². The highest BCUT2D eigenvalue weighted by Gasteiger charge is 2.55. The summed E-state index contributed by atoms with van der Waals surface area (Å²) in [5.74, 6) is -3.70. The first-order valence-corrected chi connectivity index (χ1v) is 30.9. The molecule has 0 spiro atoms. The maximum absolute atomic E-state index is 14.8. The number of ether oxygens (including phenoxy) is 5. The zero-order chi connectivity index (χ0) is 57.5. The van der Waals surface area contributed by atoms with Crippen molar-refractivity contribution < 1.29 is 58.8 Å². The van der Waals surface area contributed by atoms with Gasteiger partial charge in [0.2, 0.25) is 5.91 Å². The van der Waals surface area contributed by atoms with Crippen LogP contribution in [0, 0.1) is 23.7 Å². The van der Waals surface area contributed by atoms with Crippen molar-refractivity contribution in [3.05, 3.63) is 73.1 Å². The first kappa shape index (κ1) is 63.8. The number of aromatic nitrogens is 2. The maximum Gasteiger partial charge on any atom is 0.309 e. The van der Waals surface area contributed by atoms with E-state index in [1.54, 1.807) is 46.4 Å². The molecule has 4 heterocycles. The zero-order valence-electron chi connectivity index (χ0n) is 49.4. The van der Waals surface area contributed by atoms with Crippen molar-refractivity contribution in [1.29, 1.82) is 0 Å². The van der Waals surface area contributed by atoms with Gasteiger partial charge in [0.1, 0.15) is 53.2 Å². The van der Waals surface area contributed by atoms with Crippen LogP contribution in [-0.4, -0.2) is 175 Å². The van der Waals surface area contributed by atoms with Crippen LogP contribution in [0.2, 0.25) is 0 Å². The number of methoxy groups -OCH3 is 1. The molecule has 5 N–H and O–H groups in total. The second-order valence-electron chi connectivity index (χ2n) is 24.5. The number of hydrogen-bond acceptors (Lipinski definition) is 14.